The van der Waals surface area contributed by atoms with E-state index in [1.165, 1.54) is 11.8 Å². The van der Waals surface area contributed by atoms with Gasteiger partial charge in [0, 0.05) is 33.1 Å². The van der Waals surface area contributed by atoms with Gasteiger partial charge >= 0.3 is 11.8 Å². The molecule has 0 aliphatic carbocycles. The number of imide groups is 1. The van der Waals surface area contributed by atoms with E-state index in [0.29, 0.717) is 6.54 Å². The predicted molar refractivity (Wildman–Crippen MR) is 60.8 cm³/mol. The van der Waals surface area contributed by atoms with Crippen LogP contribution in [0.25, 0.3) is 0 Å². The average Bonchev–Trinajstić information content (AvgIpc) is 2.30. The number of likely N-dealkylation sites (N-methyl/N-ethyl adjacent to an activating group) is 1. The molecule has 0 spiro atoms. The lowest BCUT2D eigenvalue weighted by atomic mass is 10.3. The van der Waals surface area contributed by atoms with Gasteiger partial charge in [0.05, 0.1) is 6.61 Å². The summed E-state index contributed by atoms with van der Waals surface area (Å²) in [7, 11) is 0. The number of carbonyl (C=O) groups is 3. The van der Waals surface area contributed by atoms with Crippen molar-refractivity contribution in [1.82, 2.24) is 9.80 Å². The number of nitrogens with zero attached hydrogens (tertiary/aromatic N) is 2. The minimum atomic E-state index is -0.904. The Labute approximate surface area is 100 Å². The zero-order chi connectivity index (χ0) is 13.4. The summed E-state index contributed by atoms with van der Waals surface area (Å²) in [5.74, 6) is -2.22. The second kappa shape index (κ2) is 7.75. The van der Waals surface area contributed by atoms with Crippen molar-refractivity contribution in [3.05, 3.63) is 0 Å². The highest BCUT2D eigenvalue weighted by molar-refractivity contribution is 6.37. The van der Waals surface area contributed by atoms with Crippen molar-refractivity contribution in [3.8, 4) is 0 Å². The van der Waals surface area contributed by atoms with Crippen LogP contribution in [0.1, 0.15) is 13.8 Å². The number of hydrogen-bond donors (Lipinski definition) is 2. The molecule has 98 valence electrons. The summed E-state index contributed by atoms with van der Waals surface area (Å²) in [6.07, 6.45) is 0. The molecule has 17 heavy (non-hydrogen) atoms. The predicted octanol–water partition coefficient (Wildman–Crippen LogP) is -1.84. The molecule has 7 nitrogen and oxygen atoms in total. The topological polar surface area (TPSA) is 104 Å². The Morgan fingerprint density at radius 1 is 1.18 bits per heavy atom. The van der Waals surface area contributed by atoms with Crippen LogP contribution in [0.4, 0.5) is 0 Å². The highest BCUT2D eigenvalue weighted by atomic mass is 16.3. The first-order valence-electron chi connectivity index (χ1n) is 5.41. The fourth-order valence-electron chi connectivity index (χ4n) is 1.31. The van der Waals surface area contributed by atoms with Gasteiger partial charge in [0.25, 0.3) is 0 Å². The number of nitrogens with two attached hydrogens (primary N) is 1. The molecule has 0 atom stereocenters. The molecule has 0 aromatic carbocycles. The van der Waals surface area contributed by atoms with Crippen LogP contribution in [0.2, 0.25) is 0 Å². The number of rotatable bonds is 5. The van der Waals surface area contributed by atoms with E-state index < -0.39 is 17.7 Å². The van der Waals surface area contributed by atoms with Crippen molar-refractivity contribution in [2.75, 3.05) is 32.8 Å². The molecule has 0 radical (unpaired) electrons. The van der Waals surface area contributed by atoms with Crippen molar-refractivity contribution < 1.29 is 19.5 Å². The van der Waals surface area contributed by atoms with E-state index in [1.807, 2.05) is 0 Å². The highest BCUT2D eigenvalue weighted by Crippen LogP contribution is 1.97. The lowest BCUT2D eigenvalue weighted by molar-refractivity contribution is -0.156. The quantitative estimate of drug-likeness (QED) is 0.554. The third-order valence-electron chi connectivity index (χ3n) is 2.20. The fourth-order valence-corrected chi connectivity index (χ4v) is 1.31. The Balaban J connectivity index is 4.74. The van der Waals surface area contributed by atoms with E-state index >= 15 is 0 Å². The zero-order valence-corrected chi connectivity index (χ0v) is 10.2. The van der Waals surface area contributed by atoms with Gasteiger partial charge in [0.2, 0.25) is 5.91 Å². The van der Waals surface area contributed by atoms with E-state index in [0.717, 1.165) is 4.90 Å². The van der Waals surface area contributed by atoms with Crippen molar-refractivity contribution in [2.24, 2.45) is 5.73 Å². The minimum absolute atomic E-state index is 0.0105. The van der Waals surface area contributed by atoms with Crippen LogP contribution in [0.15, 0.2) is 0 Å². The summed E-state index contributed by atoms with van der Waals surface area (Å²) < 4.78 is 0. The lowest BCUT2D eigenvalue weighted by Gasteiger charge is -2.23. The number of hydrogen-bond acceptors (Lipinski definition) is 5. The minimum Gasteiger partial charge on any atom is -0.395 e. The van der Waals surface area contributed by atoms with Crippen molar-refractivity contribution in [1.29, 1.82) is 0 Å². The summed E-state index contributed by atoms with van der Waals surface area (Å²) in [4.78, 5) is 36.6. The van der Waals surface area contributed by atoms with Gasteiger partial charge in [-0.1, -0.05) is 0 Å². The first kappa shape index (κ1) is 15.5. The molecule has 0 aliphatic heterocycles. The van der Waals surface area contributed by atoms with Gasteiger partial charge in [0.1, 0.15) is 0 Å². The Kier molecular flexibility index (Phi) is 7.08. The van der Waals surface area contributed by atoms with Crippen LogP contribution in [-0.2, 0) is 14.4 Å². The molecule has 3 N–H and O–H groups in total. The smallest absolute Gasteiger partial charge is 0.318 e. The van der Waals surface area contributed by atoms with Gasteiger partial charge in [-0.25, -0.2) is 0 Å². The molecular weight excluding hydrogens is 226 g/mol. The van der Waals surface area contributed by atoms with Crippen LogP contribution in [-0.4, -0.2) is 65.4 Å². The van der Waals surface area contributed by atoms with Crippen molar-refractivity contribution in [3.63, 3.8) is 0 Å². The van der Waals surface area contributed by atoms with Gasteiger partial charge < -0.3 is 15.7 Å². The number of amides is 3. The van der Waals surface area contributed by atoms with Crippen LogP contribution >= 0.6 is 0 Å². The Morgan fingerprint density at radius 2 is 1.76 bits per heavy atom. The van der Waals surface area contributed by atoms with Gasteiger partial charge in [-0.3, -0.25) is 19.3 Å². The maximum atomic E-state index is 11.7. The van der Waals surface area contributed by atoms with E-state index in [9.17, 15) is 14.4 Å². The largest absolute Gasteiger partial charge is 0.395 e. The summed E-state index contributed by atoms with van der Waals surface area (Å²) >= 11 is 0. The maximum absolute atomic E-state index is 11.7. The summed E-state index contributed by atoms with van der Waals surface area (Å²) in [6.45, 7) is 3.12. The van der Waals surface area contributed by atoms with Crippen LogP contribution in [0.5, 0.6) is 0 Å². The van der Waals surface area contributed by atoms with Crippen LogP contribution < -0.4 is 5.73 Å². The standard InChI is InChI=1S/C10H19N3O4/c1-3-12(6-7-14)9(16)10(17)13(5-4-11)8(2)15/h14H,3-7,11H2,1-2H3. The average molecular weight is 245 g/mol. The molecule has 0 rings (SSSR count). The molecule has 0 heterocycles. The van der Waals surface area contributed by atoms with Crippen molar-refractivity contribution >= 4 is 17.7 Å². The molecule has 0 bridgehead atoms. The molecule has 3 amide bonds. The molecule has 0 aliphatic rings. The summed E-state index contributed by atoms with van der Waals surface area (Å²) in [5, 5.41) is 8.74. The van der Waals surface area contributed by atoms with Crippen LogP contribution in [0, 0.1) is 0 Å². The maximum Gasteiger partial charge on any atom is 0.318 e. The summed E-state index contributed by atoms with van der Waals surface area (Å²) in [6, 6.07) is 0. The molecule has 0 fully saturated rings. The van der Waals surface area contributed by atoms with E-state index in [2.05, 4.69) is 0 Å². The molecular formula is C10H19N3O4. The SMILES string of the molecule is CCN(CCO)C(=O)C(=O)N(CCN)C(C)=O. The Bertz CT molecular complexity index is 293. The third-order valence-corrected chi connectivity index (χ3v) is 2.20. The first-order valence-corrected chi connectivity index (χ1v) is 5.41. The van der Waals surface area contributed by atoms with Gasteiger partial charge in [-0.2, -0.15) is 0 Å². The molecule has 0 saturated carbocycles. The van der Waals surface area contributed by atoms with Gasteiger partial charge in [0.15, 0.2) is 0 Å². The number of aliphatic hydroxyl groups is 1. The van der Waals surface area contributed by atoms with Gasteiger partial charge in [-0.15, -0.1) is 0 Å². The third kappa shape index (κ3) is 4.49. The second-order valence-electron chi connectivity index (χ2n) is 3.37. The first-order chi connectivity index (χ1) is 7.99. The monoisotopic (exact) mass is 245 g/mol. The second-order valence-corrected chi connectivity index (χ2v) is 3.37. The number of carbonyl (C=O) groups excluding carboxylic acids is 3. The van der Waals surface area contributed by atoms with E-state index in [-0.39, 0.29) is 26.2 Å². The Morgan fingerprint density at radius 3 is 2.12 bits per heavy atom. The fraction of sp³-hybridized carbons (Fsp3) is 0.700. The molecule has 7 heteroatoms. The molecule has 0 saturated heterocycles. The Hall–Kier alpha value is -1.47. The van der Waals surface area contributed by atoms with Crippen molar-refractivity contribution in [2.45, 2.75) is 13.8 Å². The van der Waals surface area contributed by atoms with Gasteiger partial charge in [-0.05, 0) is 6.92 Å². The lowest BCUT2D eigenvalue weighted by Crippen LogP contribution is -2.49. The van der Waals surface area contributed by atoms with E-state index in [1.54, 1.807) is 6.92 Å². The summed E-state index contributed by atoms with van der Waals surface area (Å²) in [5.41, 5.74) is 5.26. The zero-order valence-electron chi connectivity index (χ0n) is 10.2. The number of aliphatic hydroxyl groups excluding tert-OH is 1. The molecule has 0 aromatic heterocycles. The van der Waals surface area contributed by atoms with Crippen LogP contribution in [0.3, 0.4) is 0 Å². The molecule has 0 unspecified atom stereocenters. The molecule has 0 aromatic rings. The van der Waals surface area contributed by atoms with E-state index in [4.69, 9.17) is 10.8 Å². The normalized spacial score (nSPS) is 9.88. The highest BCUT2D eigenvalue weighted by Gasteiger charge is 2.27.